The molecule has 0 unspecified atom stereocenters. The van der Waals surface area contributed by atoms with Gasteiger partial charge in [0, 0.05) is 17.0 Å². The number of Topliss-reactive ketones (excluding diaryl/α,β-unsaturated/α-hetero) is 2. The van der Waals surface area contributed by atoms with Crippen molar-refractivity contribution in [3.05, 3.63) is 71.3 Å². The van der Waals surface area contributed by atoms with E-state index in [-0.39, 0.29) is 35.9 Å². The summed E-state index contributed by atoms with van der Waals surface area (Å²) >= 11 is 0. The molecule has 2 aliphatic rings. The van der Waals surface area contributed by atoms with E-state index in [4.69, 9.17) is 4.74 Å². The Morgan fingerprint density at radius 1 is 0.857 bits per heavy atom. The molecule has 4 rings (SSSR count). The Balaban J connectivity index is 1.45. The van der Waals surface area contributed by atoms with Crippen LogP contribution >= 0.6 is 0 Å². The number of esters is 1. The first-order chi connectivity index (χ1) is 13.5. The summed E-state index contributed by atoms with van der Waals surface area (Å²) < 4.78 is 5.40. The maximum Gasteiger partial charge on any atom is 0.310 e. The van der Waals surface area contributed by atoms with Gasteiger partial charge >= 0.3 is 5.97 Å². The van der Waals surface area contributed by atoms with Crippen LogP contribution in [0.1, 0.15) is 45.5 Å². The van der Waals surface area contributed by atoms with Crippen LogP contribution in [0, 0.1) is 30.6 Å². The molecule has 4 atom stereocenters. The van der Waals surface area contributed by atoms with Gasteiger partial charge in [-0.25, -0.2) is 0 Å². The summed E-state index contributed by atoms with van der Waals surface area (Å²) in [5, 5.41) is 0. The van der Waals surface area contributed by atoms with Gasteiger partial charge in [0.15, 0.2) is 18.2 Å². The van der Waals surface area contributed by atoms with E-state index in [0.29, 0.717) is 11.1 Å². The van der Waals surface area contributed by atoms with Crippen LogP contribution in [0.5, 0.6) is 0 Å². The van der Waals surface area contributed by atoms with Crippen molar-refractivity contribution < 1.29 is 19.1 Å². The summed E-state index contributed by atoms with van der Waals surface area (Å²) in [5.74, 6) is -0.933. The molecule has 4 nitrogen and oxygen atoms in total. The molecule has 0 aliphatic heterocycles. The lowest BCUT2D eigenvalue weighted by Crippen LogP contribution is -2.36. The molecule has 2 fully saturated rings. The largest absolute Gasteiger partial charge is 0.457 e. The zero-order valence-electron chi connectivity index (χ0n) is 16.0. The van der Waals surface area contributed by atoms with Crippen LogP contribution in [0.15, 0.2) is 54.6 Å². The third-order valence-electron chi connectivity index (χ3n) is 6.27. The standard InChI is InChI=1S/C24H24O4/c1-15-7-9-16(10-8-15)20(25)14-28-24(27)22-19-12-11-18(13-19)21(22)23(26)17-5-3-2-4-6-17/h2-10,18-19,21-22H,11-14H2,1H3/t18-,19-,21+,22-/m0/s1. The van der Waals surface area contributed by atoms with E-state index < -0.39 is 11.9 Å². The minimum absolute atomic E-state index is 0.0274. The van der Waals surface area contributed by atoms with Crippen molar-refractivity contribution in [1.82, 2.24) is 0 Å². The van der Waals surface area contributed by atoms with Crippen molar-refractivity contribution in [3.8, 4) is 0 Å². The number of rotatable bonds is 6. The zero-order chi connectivity index (χ0) is 19.7. The fraction of sp³-hybridized carbons (Fsp3) is 0.375. The van der Waals surface area contributed by atoms with Gasteiger partial charge in [-0.1, -0.05) is 60.2 Å². The monoisotopic (exact) mass is 376 g/mol. The van der Waals surface area contributed by atoms with Crippen LogP contribution in [0.4, 0.5) is 0 Å². The number of ether oxygens (including phenoxy) is 1. The lowest BCUT2D eigenvalue weighted by Gasteiger charge is -2.28. The number of carbonyl (C=O) groups excluding carboxylic acids is 3. The van der Waals surface area contributed by atoms with Gasteiger partial charge in [-0.05, 0) is 38.0 Å². The highest BCUT2D eigenvalue weighted by atomic mass is 16.5. The van der Waals surface area contributed by atoms with Gasteiger partial charge in [0.25, 0.3) is 0 Å². The van der Waals surface area contributed by atoms with E-state index in [9.17, 15) is 14.4 Å². The van der Waals surface area contributed by atoms with E-state index in [1.54, 1.807) is 24.3 Å². The Hall–Kier alpha value is -2.75. The van der Waals surface area contributed by atoms with Gasteiger partial charge in [0.1, 0.15) is 0 Å². The molecule has 4 heteroatoms. The molecule has 28 heavy (non-hydrogen) atoms. The highest BCUT2D eigenvalue weighted by molar-refractivity contribution is 6.01. The molecular formula is C24H24O4. The summed E-state index contributed by atoms with van der Waals surface area (Å²) in [7, 11) is 0. The molecule has 0 saturated heterocycles. The molecular weight excluding hydrogens is 352 g/mol. The molecule has 0 heterocycles. The first-order valence-electron chi connectivity index (χ1n) is 9.90. The Bertz CT molecular complexity index is 885. The van der Waals surface area contributed by atoms with Crippen LogP contribution in [-0.4, -0.2) is 24.1 Å². The summed E-state index contributed by atoms with van der Waals surface area (Å²) in [6.45, 7) is 1.68. The number of aryl methyl sites for hydroxylation is 1. The lowest BCUT2D eigenvalue weighted by atomic mass is 9.75. The average Bonchev–Trinajstić information content (AvgIpc) is 3.34. The smallest absolute Gasteiger partial charge is 0.310 e. The predicted molar refractivity (Wildman–Crippen MR) is 105 cm³/mol. The number of ketones is 2. The van der Waals surface area contributed by atoms with E-state index >= 15 is 0 Å². The van der Waals surface area contributed by atoms with Crippen LogP contribution in [0.2, 0.25) is 0 Å². The molecule has 2 bridgehead atoms. The Kier molecular flexibility index (Phi) is 5.12. The van der Waals surface area contributed by atoms with E-state index in [1.165, 1.54) is 0 Å². The Labute approximate surface area is 164 Å². The molecule has 2 aromatic carbocycles. The van der Waals surface area contributed by atoms with Crippen LogP contribution < -0.4 is 0 Å². The van der Waals surface area contributed by atoms with E-state index in [0.717, 1.165) is 24.8 Å². The van der Waals surface area contributed by atoms with E-state index in [1.807, 2.05) is 37.3 Å². The Morgan fingerprint density at radius 3 is 2.18 bits per heavy atom. The van der Waals surface area contributed by atoms with Crippen LogP contribution in [-0.2, 0) is 9.53 Å². The third kappa shape index (κ3) is 3.51. The number of benzene rings is 2. The number of fused-ring (bicyclic) bond motifs is 2. The summed E-state index contributed by atoms with van der Waals surface area (Å²) in [6.07, 6.45) is 2.84. The van der Waals surface area contributed by atoms with Gasteiger partial charge in [0.2, 0.25) is 0 Å². The second-order valence-electron chi connectivity index (χ2n) is 8.01. The molecule has 0 radical (unpaired) electrons. The second-order valence-corrected chi connectivity index (χ2v) is 8.01. The molecule has 0 amide bonds. The van der Waals surface area contributed by atoms with Crippen molar-refractivity contribution in [3.63, 3.8) is 0 Å². The first kappa shape index (κ1) is 18.6. The van der Waals surface area contributed by atoms with Gasteiger partial charge < -0.3 is 4.74 Å². The molecule has 0 spiro atoms. The lowest BCUT2D eigenvalue weighted by molar-refractivity contribution is -0.150. The molecule has 2 aromatic rings. The summed E-state index contributed by atoms with van der Waals surface area (Å²) in [4.78, 5) is 38.2. The van der Waals surface area contributed by atoms with Crippen molar-refractivity contribution in [2.45, 2.75) is 26.2 Å². The first-order valence-corrected chi connectivity index (χ1v) is 9.90. The normalized spacial score (nSPS) is 25.5. The third-order valence-corrected chi connectivity index (χ3v) is 6.27. The van der Waals surface area contributed by atoms with Gasteiger partial charge in [-0.3, -0.25) is 14.4 Å². The number of carbonyl (C=O) groups is 3. The van der Waals surface area contributed by atoms with Crippen LogP contribution in [0.25, 0.3) is 0 Å². The average molecular weight is 376 g/mol. The molecule has 0 aromatic heterocycles. The molecule has 2 aliphatic carbocycles. The maximum atomic E-state index is 13.1. The fourth-order valence-corrected chi connectivity index (χ4v) is 4.86. The van der Waals surface area contributed by atoms with Crippen molar-refractivity contribution in [2.24, 2.45) is 23.7 Å². The minimum atomic E-state index is -0.433. The van der Waals surface area contributed by atoms with E-state index in [2.05, 4.69) is 0 Å². The van der Waals surface area contributed by atoms with Crippen molar-refractivity contribution in [2.75, 3.05) is 6.61 Å². The van der Waals surface area contributed by atoms with Gasteiger partial charge in [0.05, 0.1) is 5.92 Å². The van der Waals surface area contributed by atoms with Crippen molar-refractivity contribution >= 4 is 17.5 Å². The SMILES string of the molecule is Cc1ccc(C(=O)COC(=O)[C@H]2[C@H]3CC[C@@H](C3)[C@H]2C(=O)c2ccccc2)cc1. The summed E-state index contributed by atoms with van der Waals surface area (Å²) in [5.41, 5.74) is 2.25. The fourth-order valence-electron chi connectivity index (χ4n) is 4.86. The predicted octanol–water partition coefficient (Wildman–Crippen LogP) is 4.27. The summed E-state index contributed by atoms with van der Waals surface area (Å²) in [6, 6.07) is 16.4. The van der Waals surface area contributed by atoms with Gasteiger partial charge in [-0.2, -0.15) is 0 Å². The molecule has 2 saturated carbocycles. The quantitative estimate of drug-likeness (QED) is 0.558. The van der Waals surface area contributed by atoms with Crippen molar-refractivity contribution in [1.29, 1.82) is 0 Å². The highest BCUT2D eigenvalue weighted by Crippen LogP contribution is 2.53. The highest BCUT2D eigenvalue weighted by Gasteiger charge is 2.54. The van der Waals surface area contributed by atoms with Crippen LogP contribution in [0.3, 0.4) is 0 Å². The maximum absolute atomic E-state index is 13.1. The van der Waals surface area contributed by atoms with Gasteiger partial charge in [-0.15, -0.1) is 0 Å². The Morgan fingerprint density at radius 2 is 1.50 bits per heavy atom. The second kappa shape index (κ2) is 7.70. The minimum Gasteiger partial charge on any atom is -0.457 e. The zero-order valence-corrected chi connectivity index (χ0v) is 16.0. The molecule has 0 N–H and O–H groups in total. The topological polar surface area (TPSA) is 60.4 Å². The molecule has 144 valence electrons. The number of hydrogen-bond donors (Lipinski definition) is 0. The number of hydrogen-bond acceptors (Lipinski definition) is 4.